The van der Waals surface area contributed by atoms with E-state index in [4.69, 9.17) is 0 Å². The summed E-state index contributed by atoms with van der Waals surface area (Å²) in [5.41, 5.74) is 2.06. The number of thiol groups is 1. The van der Waals surface area contributed by atoms with Crippen molar-refractivity contribution in [2.24, 2.45) is 0 Å². The van der Waals surface area contributed by atoms with Crippen molar-refractivity contribution in [1.29, 1.82) is 0 Å². The minimum Gasteiger partial charge on any atom is -0.210 e. The third-order valence-electron chi connectivity index (χ3n) is 2.19. The molecule has 5 heteroatoms. The Kier molecular flexibility index (Phi) is 4.19. The molecule has 0 atom stereocenters. The zero-order valence-electron chi connectivity index (χ0n) is 8.82. The summed E-state index contributed by atoms with van der Waals surface area (Å²) in [5, 5.41) is 0. The van der Waals surface area contributed by atoms with E-state index in [-0.39, 0.29) is 0 Å². The fourth-order valence-electron chi connectivity index (χ4n) is 1.14. The SMILES string of the molecule is Cc1ccc(S(=O)(=O)NCCS)cc1C. The number of hydrogen-bond donors (Lipinski definition) is 2. The van der Waals surface area contributed by atoms with Gasteiger partial charge >= 0.3 is 0 Å². The van der Waals surface area contributed by atoms with Crippen LogP contribution in [0.2, 0.25) is 0 Å². The molecule has 1 N–H and O–H groups in total. The van der Waals surface area contributed by atoms with Gasteiger partial charge in [0.15, 0.2) is 0 Å². The largest absolute Gasteiger partial charge is 0.240 e. The molecular formula is C10H15NO2S2. The van der Waals surface area contributed by atoms with Gasteiger partial charge in [-0.15, -0.1) is 0 Å². The second-order valence-electron chi connectivity index (χ2n) is 3.37. The van der Waals surface area contributed by atoms with Gasteiger partial charge in [0.05, 0.1) is 4.90 Å². The molecule has 0 fully saturated rings. The van der Waals surface area contributed by atoms with Gasteiger partial charge in [0.2, 0.25) is 10.0 Å². The Morgan fingerprint density at radius 1 is 1.27 bits per heavy atom. The lowest BCUT2D eigenvalue weighted by atomic mass is 10.1. The highest BCUT2D eigenvalue weighted by Crippen LogP contribution is 2.14. The normalized spacial score (nSPS) is 11.7. The molecule has 0 aliphatic rings. The van der Waals surface area contributed by atoms with Crippen molar-refractivity contribution in [3.63, 3.8) is 0 Å². The van der Waals surface area contributed by atoms with Crippen molar-refractivity contribution >= 4 is 22.7 Å². The first-order valence-electron chi connectivity index (χ1n) is 4.65. The Morgan fingerprint density at radius 3 is 2.47 bits per heavy atom. The van der Waals surface area contributed by atoms with Gasteiger partial charge < -0.3 is 0 Å². The first kappa shape index (κ1) is 12.5. The number of benzene rings is 1. The molecule has 0 aliphatic carbocycles. The van der Waals surface area contributed by atoms with E-state index in [1.54, 1.807) is 12.1 Å². The molecule has 0 unspecified atom stereocenters. The van der Waals surface area contributed by atoms with Crippen molar-refractivity contribution in [3.8, 4) is 0 Å². The molecule has 0 amide bonds. The minimum absolute atomic E-state index is 0.312. The Balaban J connectivity index is 3.00. The van der Waals surface area contributed by atoms with Gasteiger partial charge in [-0.3, -0.25) is 0 Å². The molecule has 15 heavy (non-hydrogen) atoms. The van der Waals surface area contributed by atoms with Crippen LogP contribution in [0.1, 0.15) is 11.1 Å². The van der Waals surface area contributed by atoms with Crippen molar-refractivity contribution in [2.75, 3.05) is 12.3 Å². The quantitative estimate of drug-likeness (QED) is 0.790. The van der Waals surface area contributed by atoms with E-state index < -0.39 is 10.0 Å². The zero-order chi connectivity index (χ0) is 11.5. The predicted octanol–water partition coefficient (Wildman–Crippen LogP) is 1.51. The molecule has 0 radical (unpaired) electrons. The van der Waals surface area contributed by atoms with Crippen LogP contribution in [-0.4, -0.2) is 20.7 Å². The summed E-state index contributed by atoms with van der Waals surface area (Å²) in [6, 6.07) is 5.10. The van der Waals surface area contributed by atoms with Gasteiger partial charge in [-0.05, 0) is 37.1 Å². The zero-order valence-corrected chi connectivity index (χ0v) is 10.5. The number of hydrogen-bond acceptors (Lipinski definition) is 3. The molecule has 0 saturated heterocycles. The number of aryl methyl sites for hydroxylation is 2. The predicted molar refractivity (Wildman–Crippen MR) is 65.0 cm³/mol. The van der Waals surface area contributed by atoms with Gasteiger partial charge in [-0.1, -0.05) is 6.07 Å². The smallest absolute Gasteiger partial charge is 0.210 e. The molecule has 1 aromatic rings. The maximum absolute atomic E-state index is 11.7. The third kappa shape index (κ3) is 3.22. The third-order valence-corrected chi connectivity index (χ3v) is 3.87. The van der Waals surface area contributed by atoms with Crippen molar-refractivity contribution < 1.29 is 8.42 Å². The van der Waals surface area contributed by atoms with Crippen LogP contribution in [0.5, 0.6) is 0 Å². The van der Waals surface area contributed by atoms with Crippen LogP contribution in [0.15, 0.2) is 23.1 Å². The fourth-order valence-corrected chi connectivity index (χ4v) is 2.52. The summed E-state index contributed by atoms with van der Waals surface area (Å²) < 4.78 is 25.9. The van der Waals surface area contributed by atoms with Gasteiger partial charge in [0, 0.05) is 12.3 Å². The van der Waals surface area contributed by atoms with E-state index in [2.05, 4.69) is 17.4 Å². The Bertz CT molecular complexity index is 441. The Labute approximate surface area is 96.4 Å². The molecule has 0 bridgehead atoms. The topological polar surface area (TPSA) is 46.2 Å². The van der Waals surface area contributed by atoms with E-state index in [1.165, 1.54) is 0 Å². The average Bonchev–Trinajstić information content (AvgIpc) is 2.19. The first-order chi connectivity index (χ1) is 6.97. The highest BCUT2D eigenvalue weighted by molar-refractivity contribution is 7.89. The molecule has 1 aromatic carbocycles. The van der Waals surface area contributed by atoms with E-state index in [9.17, 15) is 8.42 Å². The highest BCUT2D eigenvalue weighted by Gasteiger charge is 2.13. The molecule has 0 aromatic heterocycles. The lowest BCUT2D eigenvalue weighted by Crippen LogP contribution is -2.25. The Morgan fingerprint density at radius 2 is 1.93 bits per heavy atom. The maximum atomic E-state index is 11.7. The van der Waals surface area contributed by atoms with Crippen LogP contribution in [0.25, 0.3) is 0 Å². The lowest BCUT2D eigenvalue weighted by molar-refractivity contribution is 0.584. The standard InChI is InChI=1S/C10H15NO2S2/c1-8-3-4-10(7-9(8)2)15(12,13)11-5-6-14/h3-4,7,11,14H,5-6H2,1-2H3. The highest BCUT2D eigenvalue weighted by atomic mass is 32.2. The first-order valence-corrected chi connectivity index (χ1v) is 6.77. The monoisotopic (exact) mass is 245 g/mol. The van der Waals surface area contributed by atoms with Crippen molar-refractivity contribution in [3.05, 3.63) is 29.3 Å². The van der Waals surface area contributed by atoms with Gasteiger partial charge in [0.1, 0.15) is 0 Å². The van der Waals surface area contributed by atoms with Gasteiger partial charge in [-0.25, -0.2) is 13.1 Å². The van der Waals surface area contributed by atoms with Crippen LogP contribution >= 0.6 is 12.6 Å². The number of nitrogens with one attached hydrogen (secondary N) is 1. The summed E-state index contributed by atoms with van der Waals surface area (Å²) in [6.45, 7) is 4.19. The van der Waals surface area contributed by atoms with Crippen LogP contribution < -0.4 is 4.72 Å². The molecule has 1 rings (SSSR count). The molecule has 84 valence electrons. The van der Waals surface area contributed by atoms with Crippen LogP contribution in [-0.2, 0) is 10.0 Å². The minimum atomic E-state index is -3.36. The maximum Gasteiger partial charge on any atom is 0.240 e. The average molecular weight is 245 g/mol. The summed E-state index contributed by atoms with van der Waals surface area (Å²) in [4.78, 5) is 0.312. The van der Waals surface area contributed by atoms with Gasteiger partial charge in [-0.2, -0.15) is 12.6 Å². The second-order valence-corrected chi connectivity index (χ2v) is 5.58. The van der Waals surface area contributed by atoms with Crippen LogP contribution in [0.3, 0.4) is 0 Å². The second kappa shape index (κ2) is 5.01. The van der Waals surface area contributed by atoms with E-state index in [1.807, 2.05) is 19.9 Å². The summed E-state index contributed by atoms with van der Waals surface area (Å²) in [5.74, 6) is 0.490. The molecule has 0 aliphatic heterocycles. The van der Waals surface area contributed by atoms with E-state index in [0.717, 1.165) is 11.1 Å². The molecule has 0 heterocycles. The molecule has 0 spiro atoms. The lowest BCUT2D eigenvalue weighted by Gasteiger charge is -2.07. The number of sulfonamides is 1. The number of rotatable bonds is 4. The van der Waals surface area contributed by atoms with E-state index >= 15 is 0 Å². The fraction of sp³-hybridized carbons (Fsp3) is 0.400. The molecule has 0 saturated carbocycles. The van der Waals surface area contributed by atoms with Crippen LogP contribution in [0, 0.1) is 13.8 Å². The van der Waals surface area contributed by atoms with E-state index in [0.29, 0.717) is 17.2 Å². The summed E-state index contributed by atoms with van der Waals surface area (Å²) >= 11 is 3.95. The molecular weight excluding hydrogens is 230 g/mol. The van der Waals surface area contributed by atoms with Crippen molar-refractivity contribution in [2.45, 2.75) is 18.7 Å². The van der Waals surface area contributed by atoms with Crippen molar-refractivity contribution in [1.82, 2.24) is 4.72 Å². The molecule has 3 nitrogen and oxygen atoms in total. The summed E-state index contributed by atoms with van der Waals surface area (Å²) in [7, 11) is -3.36. The van der Waals surface area contributed by atoms with Crippen LogP contribution in [0.4, 0.5) is 0 Å². The Hall–Kier alpha value is -0.520. The summed E-state index contributed by atoms with van der Waals surface area (Å²) in [6.07, 6.45) is 0. The van der Waals surface area contributed by atoms with Gasteiger partial charge in [0.25, 0.3) is 0 Å².